The number of rotatable bonds is 2. The number of nitro benzene ring substituents is 1. The predicted molar refractivity (Wildman–Crippen MR) is 79.5 cm³/mol. The number of hydrogen-bond donors (Lipinski definition) is 4. The van der Waals surface area contributed by atoms with Crippen molar-refractivity contribution in [3.63, 3.8) is 0 Å². The summed E-state index contributed by atoms with van der Waals surface area (Å²) in [4.78, 5) is 38.5. The van der Waals surface area contributed by atoms with E-state index in [4.69, 9.17) is 11.3 Å². The highest BCUT2D eigenvalue weighted by Gasteiger charge is 2.33. The molecule has 1 aliphatic carbocycles. The zero-order chi connectivity index (χ0) is 16.7. The number of benzene rings is 1. The molecule has 0 spiro atoms. The van der Waals surface area contributed by atoms with Crippen LogP contribution in [-0.4, -0.2) is 20.7 Å². The summed E-state index contributed by atoms with van der Waals surface area (Å²) >= 11 is 0. The summed E-state index contributed by atoms with van der Waals surface area (Å²) in [5.41, 5.74) is -0.463. The van der Waals surface area contributed by atoms with Gasteiger partial charge in [-0.25, -0.2) is 0 Å². The monoisotopic (exact) mass is 317 g/mol. The van der Waals surface area contributed by atoms with Gasteiger partial charge in [0.05, 0.1) is 16.0 Å². The predicted octanol–water partition coefficient (Wildman–Crippen LogP) is 0.143. The topological polar surface area (TPSA) is 183 Å². The highest BCUT2D eigenvalue weighted by Crippen LogP contribution is 2.37. The van der Waals surface area contributed by atoms with E-state index >= 15 is 0 Å². The fourth-order valence-electron chi connectivity index (χ4n) is 2.87. The van der Waals surface area contributed by atoms with Crippen LogP contribution >= 0.6 is 0 Å². The summed E-state index contributed by atoms with van der Waals surface area (Å²) in [6.07, 6.45) is 0.466. The number of nitrogens with two attached hydrogens (primary N) is 1. The van der Waals surface area contributed by atoms with Gasteiger partial charge in [-0.2, -0.15) is 0 Å². The van der Waals surface area contributed by atoms with Gasteiger partial charge in [0.25, 0.3) is 5.69 Å². The molecule has 0 fully saturated rings. The van der Waals surface area contributed by atoms with Crippen molar-refractivity contribution >= 4 is 22.6 Å². The molecule has 0 saturated carbocycles. The largest absolute Gasteiger partial charge is 0.316 e. The zero-order valence-corrected chi connectivity index (χ0v) is 11.6. The van der Waals surface area contributed by atoms with Crippen molar-refractivity contribution in [3.05, 3.63) is 48.0 Å². The molecule has 1 aliphatic rings. The first-order valence-electron chi connectivity index (χ1n) is 6.57. The van der Waals surface area contributed by atoms with Crippen molar-refractivity contribution in [1.29, 1.82) is 5.41 Å². The highest BCUT2D eigenvalue weighted by molar-refractivity contribution is 5.88. The molecule has 3 rings (SSSR count). The van der Waals surface area contributed by atoms with E-state index < -0.39 is 22.0 Å². The van der Waals surface area contributed by atoms with E-state index in [0.717, 1.165) is 0 Å². The minimum atomic E-state index is -0.883. The molecule has 11 heteroatoms. The number of nitrogens with zero attached hydrogens (tertiary/aromatic N) is 3. The zero-order valence-electron chi connectivity index (χ0n) is 11.6. The maximum absolute atomic E-state index is 11.5. The van der Waals surface area contributed by atoms with Gasteiger partial charge in [-0.05, 0) is 18.4 Å². The Morgan fingerprint density at radius 3 is 2.61 bits per heavy atom. The number of nitrogens with one attached hydrogen (secondary N) is 3. The normalized spacial score (nSPS) is 16.8. The Morgan fingerprint density at radius 2 is 1.96 bits per heavy atom. The van der Waals surface area contributed by atoms with Crippen LogP contribution in [0, 0.1) is 21.4 Å². The third kappa shape index (κ3) is 2.27. The van der Waals surface area contributed by atoms with Gasteiger partial charge in [0.15, 0.2) is 0 Å². The smallest absolute Gasteiger partial charge is 0.314 e. The van der Waals surface area contributed by atoms with Crippen molar-refractivity contribution < 1.29 is 4.92 Å². The van der Waals surface area contributed by atoms with E-state index in [2.05, 4.69) is 20.3 Å². The molecular formula is C12H11N7O4. The highest BCUT2D eigenvalue weighted by atomic mass is 16.6. The molecule has 1 unspecified atom stereocenters. The van der Waals surface area contributed by atoms with Crippen LogP contribution < -0.4 is 17.0 Å². The van der Waals surface area contributed by atoms with Gasteiger partial charge in [0.2, 0.25) is 0 Å². The fraction of sp³-hybridized carbons (Fsp3) is 0.250. The lowest BCUT2D eigenvalue weighted by Crippen LogP contribution is -2.29. The molecule has 1 aromatic heterocycles. The van der Waals surface area contributed by atoms with E-state index in [9.17, 15) is 19.7 Å². The van der Waals surface area contributed by atoms with Crippen LogP contribution in [0.5, 0.6) is 0 Å². The molecule has 5 N–H and O–H groups in total. The molecule has 11 nitrogen and oxygen atoms in total. The lowest BCUT2D eigenvalue weighted by atomic mass is 10.1. The number of nitro groups is 1. The second kappa shape index (κ2) is 5.12. The van der Waals surface area contributed by atoms with Crippen LogP contribution in [-0.2, 0) is 12.8 Å². The van der Waals surface area contributed by atoms with Gasteiger partial charge in [0, 0.05) is 17.5 Å². The Balaban J connectivity index is 2.26. The van der Waals surface area contributed by atoms with Crippen LogP contribution in [0.3, 0.4) is 0 Å². The minimum Gasteiger partial charge on any atom is -0.316 e. The van der Waals surface area contributed by atoms with E-state index in [1.807, 2.05) is 0 Å². The van der Waals surface area contributed by atoms with Crippen LogP contribution in [0.4, 0.5) is 5.69 Å². The van der Waals surface area contributed by atoms with Gasteiger partial charge in [-0.1, -0.05) is 5.22 Å². The van der Waals surface area contributed by atoms with Crippen molar-refractivity contribution in [2.75, 3.05) is 0 Å². The second-order valence-electron chi connectivity index (χ2n) is 5.15. The molecule has 0 saturated heterocycles. The van der Waals surface area contributed by atoms with Crippen LogP contribution in [0.2, 0.25) is 0 Å². The molecule has 1 aromatic carbocycles. The summed E-state index contributed by atoms with van der Waals surface area (Å²) < 4.78 is 0. The second-order valence-corrected chi connectivity index (χ2v) is 5.15. The maximum atomic E-state index is 11.5. The third-order valence-electron chi connectivity index (χ3n) is 3.87. The Hall–Kier alpha value is -3.37. The standard InChI is InChI=1S/C12H11N7O4/c13-10(17-18-14)4-1-5-6(2-4)9-7(3-8(5)19(22)23)15-11(20)12(21)16-9/h3-4H,1-2H2,(H,15,20)(H,16,21)(H3,13,14,17). The van der Waals surface area contributed by atoms with Crippen molar-refractivity contribution in [2.24, 2.45) is 22.1 Å². The average molecular weight is 317 g/mol. The molecule has 118 valence electrons. The summed E-state index contributed by atoms with van der Waals surface area (Å²) in [5, 5.41) is 25.6. The van der Waals surface area contributed by atoms with E-state index in [-0.39, 0.29) is 29.9 Å². The number of hydrogen-bond acceptors (Lipinski definition) is 6. The molecule has 2 aromatic rings. The van der Waals surface area contributed by atoms with Crippen molar-refractivity contribution in [2.45, 2.75) is 12.8 Å². The number of amidine groups is 1. The quantitative estimate of drug-likeness (QED) is 0.116. The van der Waals surface area contributed by atoms with Gasteiger partial charge < -0.3 is 15.8 Å². The van der Waals surface area contributed by atoms with E-state index in [0.29, 0.717) is 16.6 Å². The maximum Gasteiger partial charge on any atom is 0.314 e. The van der Waals surface area contributed by atoms with Crippen molar-refractivity contribution in [1.82, 2.24) is 9.97 Å². The third-order valence-corrected chi connectivity index (χ3v) is 3.87. The van der Waals surface area contributed by atoms with Crippen LogP contribution in [0.1, 0.15) is 11.1 Å². The Morgan fingerprint density at radius 1 is 1.30 bits per heavy atom. The number of fused-ring (bicyclic) bond motifs is 3. The van der Waals surface area contributed by atoms with E-state index in [1.54, 1.807) is 0 Å². The number of H-pyrrole nitrogens is 2. The van der Waals surface area contributed by atoms with Gasteiger partial charge in [-0.15, -0.1) is 5.11 Å². The first kappa shape index (κ1) is 14.6. The molecule has 1 atom stereocenters. The lowest BCUT2D eigenvalue weighted by molar-refractivity contribution is -0.385. The molecule has 0 bridgehead atoms. The molecule has 0 amide bonds. The molecule has 1 heterocycles. The fourth-order valence-corrected chi connectivity index (χ4v) is 2.87. The summed E-state index contributed by atoms with van der Waals surface area (Å²) in [6, 6.07) is 1.21. The lowest BCUT2D eigenvalue weighted by Gasteiger charge is -2.05. The average Bonchev–Trinajstić information content (AvgIpc) is 2.93. The Labute approximate surface area is 126 Å². The molecular weight excluding hydrogens is 306 g/mol. The first-order valence-corrected chi connectivity index (χ1v) is 6.57. The number of aromatic nitrogens is 2. The molecule has 0 aliphatic heterocycles. The SMILES string of the molecule is N=C(N=NN)C1Cc2c([N+](=O)[O-])cc3[nH]c(=O)c(=O)[nH]c3c2C1. The molecule has 0 radical (unpaired) electrons. The first-order chi connectivity index (χ1) is 10.9. The Kier molecular flexibility index (Phi) is 3.24. The van der Waals surface area contributed by atoms with E-state index in [1.165, 1.54) is 6.07 Å². The number of aromatic amines is 2. The van der Waals surface area contributed by atoms with Gasteiger partial charge >= 0.3 is 11.1 Å². The van der Waals surface area contributed by atoms with Gasteiger partial charge in [-0.3, -0.25) is 25.1 Å². The molecule has 23 heavy (non-hydrogen) atoms. The van der Waals surface area contributed by atoms with Crippen LogP contribution in [0.25, 0.3) is 11.0 Å². The summed E-state index contributed by atoms with van der Waals surface area (Å²) in [6.45, 7) is 0. The summed E-state index contributed by atoms with van der Waals surface area (Å²) in [7, 11) is 0. The van der Waals surface area contributed by atoms with Gasteiger partial charge in [0.1, 0.15) is 5.84 Å². The van der Waals surface area contributed by atoms with Crippen LogP contribution in [0.15, 0.2) is 26.0 Å². The summed E-state index contributed by atoms with van der Waals surface area (Å²) in [5.74, 6) is 4.40. The minimum absolute atomic E-state index is 0.0991. The van der Waals surface area contributed by atoms with Crippen molar-refractivity contribution in [3.8, 4) is 0 Å². The Bertz CT molecular complexity index is 987.